The second-order valence-corrected chi connectivity index (χ2v) is 11.8. The standard InChI is InChI=1S/C33H58NO8P/c1-3-5-7-9-11-12-13-14-15-16-17-18-20-21-23-25-32(35)39-29-31(30-41-43(37,38)40-28-27-34)42-33(36)26-24-22-19-10-8-6-4-2/h5,7,9,11-15,31H,3-4,6,8,10,16-30,34H2,1-2H3,(H,37,38)/b7-5+,11-9+,13-12+,15-14+/t31-/m0/s1. The highest BCUT2D eigenvalue weighted by Gasteiger charge is 2.25. The van der Waals surface area contributed by atoms with Gasteiger partial charge >= 0.3 is 19.8 Å². The summed E-state index contributed by atoms with van der Waals surface area (Å²) in [5, 5.41) is 0. The van der Waals surface area contributed by atoms with Gasteiger partial charge in [0.2, 0.25) is 0 Å². The van der Waals surface area contributed by atoms with Gasteiger partial charge in [-0.05, 0) is 32.1 Å². The Kier molecular flexibility index (Phi) is 28.6. The molecule has 0 spiro atoms. The minimum absolute atomic E-state index is 0.0483. The third kappa shape index (κ3) is 29.8. The van der Waals surface area contributed by atoms with E-state index in [2.05, 4.69) is 32.1 Å². The van der Waals surface area contributed by atoms with Crippen LogP contribution in [0.25, 0.3) is 0 Å². The van der Waals surface area contributed by atoms with Gasteiger partial charge in [0.25, 0.3) is 0 Å². The number of ether oxygens (including phenoxy) is 2. The van der Waals surface area contributed by atoms with E-state index in [0.29, 0.717) is 12.8 Å². The molecule has 3 N–H and O–H groups in total. The van der Waals surface area contributed by atoms with Crippen molar-refractivity contribution in [2.75, 3.05) is 26.4 Å². The van der Waals surface area contributed by atoms with Crippen LogP contribution in [-0.4, -0.2) is 49.3 Å². The van der Waals surface area contributed by atoms with Crippen LogP contribution in [0.3, 0.4) is 0 Å². The minimum Gasteiger partial charge on any atom is -0.462 e. The summed E-state index contributed by atoms with van der Waals surface area (Å²) in [4.78, 5) is 34.4. The zero-order valence-corrected chi connectivity index (χ0v) is 27.6. The van der Waals surface area contributed by atoms with Gasteiger partial charge in [-0.3, -0.25) is 18.6 Å². The molecule has 0 radical (unpaired) electrons. The van der Waals surface area contributed by atoms with Crippen molar-refractivity contribution in [1.29, 1.82) is 0 Å². The smallest absolute Gasteiger partial charge is 0.462 e. The molecule has 1 unspecified atom stereocenters. The van der Waals surface area contributed by atoms with Gasteiger partial charge in [0.05, 0.1) is 13.2 Å². The molecule has 9 nitrogen and oxygen atoms in total. The molecule has 0 aliphatic rings. The lowest BCUT2D eigenvalue weighted by molar-refractivity contribution is -0.161. The number of unbranched alkanes of at least 4 members (excludes halogenated alkanes) is 11. The van der Waals surface area contributed by atoms with Crippen LogP contribution in [0.4, 0.5) is 0 Å². The van der Waals surface area contributed by atoms with Crippen LogP contribution in [0.5, 0.6) is 0 Å². The van der Waals surface area contributed by atoms with Crippen LogP contribution >= 0.6 is 7.82 Å². The maximum atomic E-state index is 12.3. The quantitative estimate of drug-likeness (QED) is 0.0366. The average Bonchev–Trinajstić information content (AvgIpc) is 2.99. The first kappa shape index (κ1) is 41.0. The molecule has 0 saturated heterocycles. The molecule has 10 heteroatoms. The number of esters is 2. The Morgan fingerprint density at radius 2 is 1.28 bits per heavy atom. The number of rotatable bonds is 29. The maximum absolute atomic E-state index is 12.3. The van der Waals surface area contributed by atoms with Crippen LogP contribution in [0.15, 0.2) is 48.6 Å². The molecule has 0 aliphatic carbocycles. The summed E-state index contributed by atoms with van der Waals surface area (Å²) >= 11 is 0. The predicted molar refractivity (Wildman–Crippen MR) is 173 cm³/mol. The number of carbonyl (C=O) groups is 2. The average molecular weight is 628 g/mol. The summed E-state index contributed by atoms with van der Waals surface area (Å²) in [6.07, 6.45) is 30.2. The molecule has 43 heavy (non-hydrogen) atoms. The van der Waals surface area contributed by atoms with Crippen molar-refractivity contribution >= 4 is 19.8 Å². The van der Waals surface area contributed by atoms with Crippen LogP contribution in [0.1, 0.15) is 117 Å². The fourth-order valence-corrected chi connectivity index (χ4v) is 4.70. The van der Waals surface area contributed by atoms with Crippen molar-refractivity contribution in [2.45, 2.75) is 123 Å². The van der Waals surface area contributed by atoms with Gasteiger partial charge in [-0.2, -0.15) is 0 Å². The van der Waals surface area contributed by atoms with Gasteiger partial charge in [0, 0.05) is 19.4 Å². The first-order valence-corrected chi connectivity index (χ1v) is 17.7. The van der Waals surface area contributed by atoms with Crippen molar-refractivity contribution in [3.63, 3.8) is 0 Å². The van der Waals surface area contributed by atoms with E-state index in [4.69, 9.17) is 24.3 Å². The molecule has 0 saturated carbocycles. The topological polar surface area (TPSA) is 134 Å². The third-order valence-electron chi connectivity index (χ3n) is 6.32. The van der Waals surface area contributed by atoms with E-state index in [1.807, 2.05) is 30.4 Å². The summed E-state index contributed by atoms with van der Waals surface area (Å²) in [5.41, 5.74) is 5.30. The molecule has 0 bridgehead atoms. The fourth-order valence-electron chi connectivity index (χ4n) is 3.94. The largest absolute Gasteiger partial charge is 0.472 e. The van der Waals surface area contributed by atoms with Gasteiger partial charge in [-0.1, -0.05) is 120 Å². The number of phosphoric acid groups is 1. The van der Waals surface area contributed by atoms with E-state index in [1.165, 1.54) is 19.3 Å². The summed E-state index contributed by atoms with van der Waals surface area (Å²) in [5.74, 6) is -0.870. The zero-order valence-electron chi connectivity index (χ0n) is 26.7. The van der Waals surface area contributed by atoms with Crippen LogP contribution in [-0.2, 0) is 32.7 Å². The lowest BCUT2D eigenvalue weighted by Gasteiger charge is -2.19. The highest BCUT2D eigenvalue weighted by Crippen LogP contribution is 2.43. The summed E-state index contributed by atoms with van der Waals surface area (Å²) in [7, 11) is -4.36. The van der Waals surface area contributed by atoms with Crippen LogP contribution in [0, 0.1) is 0 Å². The lowest BCUT2D eigenvalue weighted by Crippen LogP contribution is -2.29. The van der Waals surface area contributed by atoms with E-state index in [0.717, 1.165) is 57.8 Å². The molecule has 0 rings (SSSR count). The maximum Gasteiger partial charge on any atom is 0.472 e. The minimum atomic E-state index is -4.36. The van der Waals surface area contributed by atoms with Crippen molar-refractivity contribution in [1.82, 2.24) is 0 Å². The molecule has 0 amide bonds. The predicted octanol–water partition coefficient (Wildman–Crippen LogP) is 8.04. The van der Waals surface area contributed by atoms with E-state index in [9.17, 15) is 19.0 Å². The normalized spacial score (nSPS) is 14.2. The van der Waals surface area contributed by atoms with Gasteiger partial charge in [0.1, 0.15) is 6.61 Å². The summed E-state index contributed by atoms with van der Waals surface area (Å²) < 4.78 is 32.4. The Balaban J connectivity index is 4.30. The van der Waals surface area contributed by atoms with Gasteiger partial charge < -0.3 is 20.1 Å². The first-order valence-electron chi connectivity index (χ1n) is 16.2. The number of carbonyl (C=O) groups excluding carboxylic acids is 2. The third-order valence-corrected chi connectivity index (χ3v) is 7.31. The second kappa shape index (κ2) is 30.0. The Bertz CT molecular complexity index is 856. The zero-order chi connectivity index (χ0) is 31.9. The van der Waals surface area contributed by atoms with Crippen LogP contribution < -0.4 is 5.73 Å². The van der Waals surface area contributed by atoms with Crippen molar-refractivity contribution in [3.05, 3.63) is 48.6 Å². The fraction of sp³-hybridized carbons (Fsp3) is 0.697. The molecule has 0 aromatic rings. The Morgan fingerprint density at radius 3 is 1.91 bits per heavy atom. The Morgan fingerprint density at radius 1 is 0.721 bits per heavy atom. The lowest BCUT2D eigenvalue weighted by atomic mass is 10.1. The highest BCUT2D eigenvalue weighted by molar-refractivity contribution is 7.47. The molecular formula is C33H58NO8P. The number of phosphoric ester groups is 1. The molecular weight excluding hydrogens is 569 g/mol. The molecule has 0 aromatic heterocycles. The van der Waals surface area contributed by atoms with Crippen molar-refractivity contribution in [2.24, 2.45) is 5.73 Å². The van der Waals surface area contributed by atoms with E-state index in [1.54, 1.807) is 0 Å². The van der Waals surface area contributed by atoms with Gasteiger partial charge in [-0.15, -0.1) is 0 Å². The van der Waals surface area contributed by atoms with Crippen molar-refractivity contribution < 1.29 is 37.6 Å². The second-order valence-electron chi connectivity index (χ2n) is 10.4. The van der Waals surface area contributed by atoms with E-state index in [-0.39, 0.29) is 32.6 Å². The summed E-state index contributed by atoms with van der Waals surface area (Å²) in [6, 6.07) is 0. The van der Waals surface area contributed by atoms with Gasteiger partial charge in [0.15, 0.2) is 6.10 Å². The molecule has 248 valence electrons. The monoisotopic (exact) mass is 627 g/mol. The van der Waals surface area contributed by atoms with Gasteiger partial charge in [-0.25, -0.2) is 4.57 Å². The Labute approximate surface area is 260 Å². The SMILES string of the molecule is CC/C=C/C=C/C=C/C=C/CCCCCCCC(=O)OC[C@@H](COP(=O)(O)OCCN)OC(=O)CCCCCCCCC. The molecule has 0 heterocycles. The Hall–Kier alpha value is -2.03. The number of hydrogen-bond donors (Lipinski definition) is 2. The molecule has 0 aliphatic heterocycles. The highest BCUT2D eigenvalue weighted by atomic mass is 31.2. The van der Waals surface area contributed by atoms with Crippen LogP contribution in [0.2, 0.25) is 0 Å². The molecule has 0 fully saturated rings. The number of hydrogen-bond acceptors (Lipinski definition) is 8. The van der Waals surface area contributed by atoms with E-state index >= 15 is 0 Å². The molecule has 0 aromatic carbocycles. The number of nitrogens with two attached hydrogens (primary N) is 1. The first-order chi connectivity index (χ1) is 20.8. The summed E-state index contributed by atoms with van der Waals surface area (Å²) in [6.45, 7) is 3.47. The van der Waals surface area contributed by atoms with Crippen molar-refractivity contribution in [3.8, 4) is 0 Å². The number of allylic oxidation sites excluding steroid dienone is 8. The van der Waals surface area contributed by atoms with E-state index < -0.39 is 32.5 Å². The molecule has 2 atom stereocenters.